The number of rotatable bonds is 7. The Balaban J connectivity index is 2.17. The third-order valence-corrected chi connectivity index (χ3v) is 4.27. The Hall–Kier alpha value is -1.07. The van der Waals surface area contributed by atoms with Crippen LogP contribution in [0.2, 0.25) is 5.02 Å². The van der Waals surface area contributed by atoms with E-state index in [-0.39, 0.29) is 6.61 Å². The summed E-state index contributed by atoms with van der Waals surface area (Å²) in [5.74, 6) is 0.853. The number of ether oxygens (including phenoxy) is 1. The number of para-hydroxylation sites is 1. The predicted molar refractivity (Wildman–Crippen MR) is 93.3 cm³/mol. The minimum absolute atomic E-state index is 0.0980. The first-order valence-electron chi connectivity index (χ1n) is 7.03. The summed E-state index contributed by atoms with van der Waals surface area (Å²) >= 11 is 9.74. The second kappa shape index (κ2) is 8.53. The first-order valence-corrected chi connectivity index (χ1v) is 8.20. The second-order valence-electron chi connectivity index (χ2n) is 4.98. The van der Waals surface area contributed by atoms with E-state index in [1.54, 1.807) is 7.11 Å². The molecule has 2 rings (SSSR count). The lowest BCUT2D eigenvalue weighted by Gasteiger charge is -2.23. The molecule has 0 saturated carbocycles. The number of aliphatic hydroxyl groups is 1. The molecule has 5 heteroatoms. The Labute approximate surface area is 144 Å². The number of nitrogens with zero attached hydrogens (tertiary/aromatic N) is 1. The fourth-order valence-electron chi connectivity index (χ4n) is 2.34. The van der Waals surface area contributed by atoms with E-state index in [0.717, 1.165) is 26.4 Å². The zero-order valence-corrected chi connectivity index (χ0v) is 14.8. The molecule has 0 aliphatic heterocycles. The van der Waals surface area contributed by atoms with Crippen LogP contribution in [-0.4, -0.2) is 30.3 Å². The molecule has 0 unspecified atom stereocenters. The largest absolute Gasteiger partial charge is 0.496 e. The van der Waals surface area contributed by atoms with E-state index in [0.29, 0.717) is 19.6 Å². The molecule has 0 spiro atoms. The fraction of sp³-hybridized carbons (Fsp3) is 0.294. The summed E-state index contributed by atoms with van der Waals surface area (Å²) in [5, 5.41) is 10.1. The van der Waals surface area contributed by atoms with Crippen LogP contribution in [0.3, 0.4) is 0 Å². The molecular formula is C17H19BrClNO2. The molecule has 0 atom stereocenters. The molecule has 2 aromatic carbocycles. The molecule has 0 aliphatic carbocycles. The lowest BCUT2D eigenvalue weighted by Crippen LogP contribution is -2.26. The van der Waals surface area contributed by atoms with Crippen molar-refractivity contribution in [2.24, 2.45) is 0 Å². The van der Waals surface area contributed by atoms with Gasteiger partial charge in [0, 0.05) is 34.7 Å². The van der Waals surface area contributed by atoms with Gasteiger partial charge in [-0.1, -0.05) is 45.7 Å². The van der Waals surface area contributed by atoms with Crippen molar-refractivity contribution in [3.8, 4) is 5.75 Å². The molecule has 0 amide bonds. The third-order valence-electron chi connectivity index (χ3n) is 3.40. The van der Waals surface area contributed by atoms with Crippen LogP contribution < -0.4 is 4.74 Å². The van der Waals surface area contributed by atoms with Crippen LogP contribution in [0.5, 0.6) is 5.75 Å². The Morgan fingerprint density at radius 2 is 1.86 bits per heavy atom. The molecule has 2 aromatic rings. The molecule has 0 radical (unpaired) electrons. The van der Waals surface area contributed by atoms with Gasteiger partial charge in [0.1, 0.15) is 5.75 Å². The van der Waals surface area contributed by atoms with E-state index >= 15 is 0 Å². The molecule has 3 nitrogen and oxygen atoms in total. The van der Waals surface area contributed by atoms with Crippen molar-refractivity contribution in [2.45, 2.75) is 13.1 Å². The highest BCUT2D eigenvalue weighted by atomic mass is 79.9. The zero-order valence-electron chi connectivity index (χ0n) is 12.4. The zero-order chi connectivity index (χ0) is 15.9. The Bertz CT molecular complexity index is 621. The maximum Gasteiger partial charge on any atom is 0.123 e. The fourth-order valence-corrected chi connectivity index (χ4v) is 2.92. The van der Waals surface area contributed by atoms with Crippen LogP contribution >= 0.6 is 27.5 Å². The summed E-state index contributed by atoms with van der Waals surface area (Å²) in [7, 11) is 1.67. The van der Waals surface area contributed by atoms with Crippen molar-refractivity contribution in [1.29, 1.82) is 0 Å². The molecular weight excluding hydrogens is 366 g/mol. The maximum atomic E-state index is 9.33. The van der Waals surface area contributed by atoms with Crippen LogP contribution in [0.4, 0.5) is 0 Å². The lowest BCUT2D eigenvalue weighted by molar-refractivity contribution is 0.183. The summed E-state index contributed by atoms with van der Waals surface area (Å²) in [6.45, 7) is 2.02. The minimum atomic E-state index is 0.0980. The van der Waals surface area contributed by atoms with Crippen LogP contribution in [-0.2, 0) is 13.1 Å². The maximum absolute atomic E-state index is 9.33. The summed E-state index contributed by atoms with van der Waals surface area (Å²) in [6, 6.07) is 13.7. The van der Waals surface area contributed by atoms with Crippen molar-refractivity contribution < 1.29 is 9.84 Å². The molecule has 1 N–H and O–H groups in total. The summed E-state index contributed by atoms with van der Waals surface area (Å²) in [4.78, 5) is 2.14. The van der Waals surface area contributed by atoms with Gasteiger partial charge in [-0.15, -0.1) is 0 Å². The molecule has 0 fully saturated rings. The van der Waals surface area contributed by atoms with Crippen LogP contribution in [0, 0.1) is 0 Å². The van der Waals surface area contributed by atoms with E-state index in [1.165, 1.54) is 0 Å². The lowest BCUT2D eigenvalue weighted by atomic mass is 10.1. The SMILES string of the molecule is COc1ccccc1CN(CCO)Cc1cc(Br)ccc1Cl. The van der Waals surface area contributed by atoms with Crippen LogP contribution in [0.25, 0.3) is 0 Å². The number of aliphatic hydroxyl groups excluding tert-OH is 1. The first-order chi connectivity index (χ1) is 10.6. The Morgan fingerprint density at radius 3 is 2.59 bits per heavy atom. The highest BCUT2D eigenvalue weighted by Gasteiger charge is 2.12. The number of hydrogen-bond donors (Lipinski definition) is 1. The number of methoxy groups -OCH3 is 1. The van der Waals surface area contributed by atoms with Crippen molar-refractivity contribution in [2.75, 3.05) is 20.3 Å². The van der Waals surface area contributed by atoms with Gasteiger partial charge in [0.25, 0.3) is 0 Å². The summed E-state index contributed by atoms with van der Waals surface area (Å²) < 4.78 is 6.39. The topological polar surface area (TPSA) is 32.7 Å². The monoisotopic (exact) mass is 383 g/mol. The van der Waals surface area contributed by atoms with Crippen molar-refractivity contribution >= 4 is 27.5 Å². The third kappa shape index (κ3) is 4.71. The average Bonchev–Trinajstić information content (AvgIpc) is 2.51. The predicted octanol–water partition coefficient (Wildman–Crippen LogP) is 4.11. The second-order valence-corrected chi connectivity index (χ2v) is 6.30. The summed E-state index contributed by atoms with van der Waals surface area (Å²) in [5.41, 5.74) is 2.11. The van der Waals surface area contributed by atoms with Crippen molar-refractivity contribution in [3.63, 3.8) is 0 Å². The summed E-state index contributed by atoms with van der Waals surface area (Å²) in [6.07, 6.45) is 0. The average molecular weight is 385 g/mol. The smallest absolute Gasteiger partial charge is 0.123 e. The van der Waals surface area contributed by atoms with E-state index in [4.69, 9.17) is 16.3 Å². The number of benzene rings is 2. The highest BCUT2D eigenvalue weighted by Crippen LogP contribution is 2.24. The van der Waals surface area contributed by atoms with E-state index in [1.807, 2.05) is 42.5 Å². The van der Waals surface area contributed by atoms with Gasteiger partial charge in [-0.05, 0) is 29.8 Å². The van der Waals surface area contributed by atoms with Gasteiger partial charge in [0.05, 0.1) is 13.7 Å². The van der Waals surface area contributed by atoms with Gasteiger partial charge in [0.2, 0.25) is 0 Å². The molecule has 0 bridgehead atoms. The van der Waals surface area contributed by atoms with E-state index in [9.17, 15) is 5.11 Å². The normalized spacial score (nSPS) is 11.0. The first kappa shape index (κ1) is 17.3. The highest BCUT2D eigenvalue weighted by molar-refractivity contribution is 9.10. The van der Waals surface area contributed by atoms with Crippen LogP contribution in [0.1, 0.15) is 11.1 Å². The molecule has 0 saturated heterocycles. The minimum Gasteiger partial charge on any atom is -0.496 e. The molecule has 22 heavy (non-hydrogen) atoms. The van der Waals surface area contributed by atoms with Crippen LogP contribution in [0.15, 0.2) is 46.9 Å². The van der Waals surface area contributed by atoms with Gasteiger partial charge in [0.15, 0.2) is 0 Å². The quantitative estimate of drug-likeness (QED) is 0.780. The van der Waals surface area contributed by atoms with Gasteiger partial charge in [-0.25, -0.2) is 0 Å². The van der Waals surface area contributed by atoms with Gasteiger partial charge in [-0.3, -0.25) is 4.90 Å². The van der Waals surface area contributed by atoms with Crippen molar-refractivity contribution in [1.82, 2.24) is 4.90 Å². The number of hydrogen-bond acceptors (Lipinski definition) is 3. The Kier molecular flexibility index (Phi) is 6.70. The molecule has 0 heterocycles. The van der Waals surface area contributed by atoms with Gasteiger partial charge in [-0.2, -0.15) is 0 Å². The van der Waals surface area contributed by atoms with Gasteiger partial charge < -0.3 is 9.84 Å². The van der Waals surface area contributed by atoms with Gasteiger partial charge >= 0.3 is 0 Å². The van der Waals surface area contributed by atoms with E-state index in [2.05, 4.69) is 20.8 Å². The molecule has 0 aliphatic rings. The molecule has 0 aromatic heterocycles. The van der Waals surface area contributed by atoms with E-state index < -0.39 is 0 Å². The molecule has 118 valence electrons. The standard InChI is InChI=1S/C17H19BrClNO2/c1-22-17-5-3-2-4-13(17)11-20(8-9-21)12-14-10-15(18)6-7-16(14)19/h2-7,10,21H,8-9,11-12H2,1H3. The van der Waals surface area contributed by atoms with Crippen molar-refractivity contribution in [3.05, 3.63) is 63.1 Å². The number of halogens is 2. The Morgan fingerprint density at radius 1 is 1.14 bits per heavy atom.